The van der Waals surface area contributed by atoms with Crippen molar-refractivity contribution in [3.63, 3.8) is 0 Å². The predicted molar refractivity (Wildman–Crippen MR) is 79.1 cm³/mol. The van der Waals surface area contributed by atoms with Crippen LogP contribution in [0.5, 0.6) is 0 Å². The van der Waals surface area contributed by atoms with E-state index in [-0.39, 0.29) is 18.0 Å². The zero-order chi connectivity index (χ0) is 14.4. The van der Waals surface area contributed by atoms with E-state index in [1.807, 2.05) is 12.1 Å². The third kappa shape index (κ3) is 4.54. The fourth-order valence-corrected chi connectivity index (χ4v) is 2.73. The summed E-state index contributed by atoms with van der Waals surface area (Å²) < 4.78 is 13.0. The van der Waals surface area contributed by atoms with Crippen LogP contribution in [0.4, 0.5) is 4.39 Å². The summed E-state index contributed by atoms with van der Waals surface area (Å²) in [6.45, 7) is 5.83. The van der Waals surface area contributed by atoms with E-state index in [1.54, 1.807) is 0 Å². The fraction of sp³-hybridized carbons (Fsp3) is 0.625. The van der Waals surface area contributed by atoms with Gasteiger partial charge in [0.05, 0.1) is 6.10 Å². The van der Waals surface area contributed by atoms with Gasteiger partial charge in [-0.2, -0.15) is 0 Å². The van der Waals surface area contributed by atoms with Gasteiger partial charge in [-0.1, -0.05) is 19.1 Å². The molecule has 1 heterocycles. The third-order valence-corrected chi connectivity index (χ3v) is 3.89. The SMILES string of the molecule is CCCNC(CCN1CCC(O)C1)c1ccc(F)cc1. The van der Waals surface area contributed by atoms with Crippen molar-refractivity contribution in [1.29, 1.82) is 0 Å². The van der Waals surface area contributed by atoms with Crippen LogP contribution >= 0.6 is 0 Å². The number of benzene rings is 1. The highest BCUT2D eigenvalue weighted by atomic mass is 19.1. The average Bonchev–Trinajstić information content (AvgIpc) is 2.86. The van der Waals surface area contributed by atoms with Crippen molar-refractivity contribution >= 4 is 0 Å². The van der Waals surface area contributed by atoms with E-state index in [9.17, 15) is 9.50 Å². The summed E-state index contributed by atoms with van der Waals surface area (Å²) in [7, 11) is 0. The van der Waals surface area contributed by atoms with Gasteiger partial charge in [0, 0.05) is 25.7 Å². The van der Waals surface area contributed by atoms with Crippen LogP contribution in [-0.2, 0) is 0 Å². The number of β-amino-alcohol motifs (C(OH)–C–C–N with tert-alkyl or cyclic N) is 1. The van der Waals surface area contributed by atoms with Gasteiger partial charge in [0.25, 0.3) is 0 Å². The topological polar surface area (TPSA) is 35.5 Å². The van der Waals surface area contributed by atoms with Crippen molar-refractivity contribution < 1.29 is 9.50 Å². The zero-order valence-electron chi connectivity index (χ0n) is 12.2. The van der Waals surface area contributed by atoms with Crippen molar-refractivity contribution in [2.45, 2.75) is 38.3 Å². The van der Waals surface area contributed by atoms with Gasteiger partial charge in [0.2, 0.25) is 0 Å². The maximum atomic E-state index is 13.0. The number of halogens is 1. The molecule has 0 spiro atoms. The van der Waals surface area contributed by atoms with Crippen LogP contribution in [0.25, 0.3) is 0 Å². The molecule has 1 aliphatic rings. The second-order valence-corrected chi connectivity index (χ2v) is 5.59. The maximum absolute atomic E-state index is 13.0. The van der Waals surface area contributed by atoms with Crippen LogP contribution in [0.1, 0.15) is 37.8 Å². The van der Waals surface area contributed by atoms with Crippen LogP contribution in [0.2, 0.25) is 0 Å². The minimum absolute atomic E-state index is 0.164. The lowest BCUT2D eigenvalue weighted by Crippen LogP contribution is -2.29. The molecule has 0 aliphatic carbocycles. The molecule has 1 saturated heterocycles. The summed E-state index contributed by atoms with van der Waals surface area (Å²) in [5.41, 5.74) is 1.14. The molecule has 112 valence electrons. The second kappa shape index (κ2) is 7.72. The molecule has 1 fully saturated rings. The molecular formula is C16H25FN2O. The van der Waals surface area contributed by atoms with Crippen LogP contribution in [0.3, 0.4) is 0 Å². The minimum atomic E-state index is -0.189. The zero-order valence-corrected chi connectivity index (χ0v) is 12.2. The molecule has 0 radical (unpaired) electrons. The van der Waals surface area contributed by atoms with Crippen LogP contribution < -0.4 is 5.32 Å². The van der Waals surface area contributed by atoms with Crippen molar-refractivity contribution in [2.24, 2.45) is 0 Å². The number of rotatable bonds is 7. The van der Waals surface area contributed by atoms with Gasteiger partial charge in [-0.3, -0.25) is 0 Å². The molecule has 20 heavy (non-hydrogen) atoms. The molecule has 2 N–H and O–H groups in total. The first-order chi connectivity index (χ1) is 9.69. The van der Waals surface area contributed by atoms with Gasteiger partial charge in [-0.15, -0.1) is 0 Å². The number of nitrogens with zero attached hydrogens (tertiary/aromatic N) is 1. The van der Waals surface area contributed by atoms with E-state index in [0.29, 0.717) is 0 Å². The molecule has 0 amide bonds. The summed E-state index contributed by atoms with van der Waals surface area (Å²) >= 11 is 0. The molecule has 0 bridgehead atoms. The smallest absolute Gasteiger partial charge is 0.123 e. The third-order valence-electron chi connectivity index (χ3n) is 3.89. The lowest BCUT2D eigenvalue weighted by Gasteiger charge is -2.22. The molecule has 2 unspecified atom stereocenters. The molecule has 0 saturated carbocycles. The first kappa shape index (κ1) is 15.4. The Balaban J connectivity index is 1.91. The Hall–Kier alpha value is -0.970. The van der Waals surface area contributed by atoms with Crippen molar-refractivity contribution in [3.05, 3.63) is 35.6 Å². The van der Waals surface area contributed by atoms with Crippen molar-refractivity contribution in [3.8, 4) is 0 Å². The van der Waals surface area contributed by atoms with E-state index < -0.39 is 0 Å². The van der Waals surface area contributed by atoms with Crippen LogP contribution in [-0.4, -0.2) is 42.3 Å². The minimum Gasteiger partial charge on any atom is -0.392 e. The number of aliphatic hydroxyl groups is 1. The Labute approximate surface area is 120 Å². The van der Waals surface area contributed by atoms with E-state index >= 15 is 0 Å². The van der Waals surface area contributed by atoms with Gasteiger partial charge >= 0.3 is 0 Å². The highest BCUT2D eigenvalue weighted by Crippen LogP contribution is 2.19. The molecule has 1 aromatic carbocycles. The van der Waals surface area contributed by atoms with E-state index in [4.69, 9.17) is 0 Å². The lowest BCUT2D eigenvalue weighted by atomic mass is 10.0. The molecule has 2 rings (SSSR count). The summed E-state index contributed by atoms with van der Waals surface area (Å²) in [6, 6.07) is 7.03. The van der Waals surface area contributed by atoms with E-state index in [0.717, 1.165) is 51.0 Å². The first-order valence-corrected chi connectivity index (χ1v) is 7.58. The number of likely N-dealkylation sites (tertiary alicyclic amines) is 1. The van der Waals surface area contributed by atoms with Gasteiger partial charge < -0.3 is 15.3 Å². The van der Waals surface area contributed by atoms with Crippen molar-refractivity contribution in [2.75, 3.05) is 26.2 Å². The van der Waals surface area contributed by atoms with Crippen LogP contribution in [0.15, 0.2) is 24.3 Å². The molecule has 1 aromatic rings. The standard InChI is InChI=1S/C16H25FN2O/c1-2-9-18-16(13-3-5-14(17)6-4-13)8-11-19-10-7-15(20)12-19/h3-6,15-16,18,20H,2,7-12H2,1H3. The molecule has 3 nitrogen and oxygen atoms in total. The first-order valence-electron chi connectivity index (χ1n) is 7.58. The summed E-state index contributed by atoms with van der Waals surface area (Å²) in [6.07, 6.45) is 2.78. The quantitative estimate of drug-likeness (QED) is 0.804. The number of hydrogen-bond donors (Lipinski definition) is 2. The number of hydrogen-bond acceptors (Lipinski definition) is 3. The van der Waals surface area contributed by atoms with Gasteiger partial charge in [-0.05, 0) is 43.5 Å². The Morgan fingerprint density at radius 3 is 2.75 bits per heavy atom. The van der Waals surface area contributed by atoms with E-state index in [2.05, 4.69) is 17.1 Å². The monoisotopic (exact) mass is 280 g/mol. The van der Waals surface area contributed by atoms with E-state index in [1.165, 1.54) is 12.1 Å². The Morgan fingerprint density at radius 2 is 2.15 bits per heavy atom. The Bertz CT molecular complexity index is 396. The Morgan fingerprint density at radius 1 is 1.40 bits per heavy atom. The molecule has 4 heteroatoms. The Kier molecular flexibility index (Phi) is 5.95. The van der Waals surface area contributed by atoms with Crippen molar-refractivity contribution in [1.82, 2.24) is 10.2 Å². The molecule has 2 atom stereocenters. The molecule has 0 aromatic heterocycles. The summed E-state index contributed by atoms with van der Waals surface area (Å²) in [4.78, 5) is 2.30. The van der Waals surface area contributed by atoms with Crippen LogP contribution in [0, 0.1) is 5.82 Å². The highest BCUT2D eigenvalue weighted by molar-refractivity contribution is 5.20. The maximum Gasteiger partial charge on any atom is 0.123 e. The number of nitrogens with one attached hydrogen (secondary N) is 1. The highest BCUT2D eigenvalue weighted by Gasteiger charge is 2.21. The van der Waals surface area contributed by atoms with Gasteiger partial charge in [0.15, 0.2) is 0 Å². The van der Waals surface area contributed by atoms with Gasteiger partial charge in [-0.25, -0.2) is 4.39 Å². The summed E-state index contributed by atoms with van der Waals surface area (Å²) in [5.74, 6) is -0.189. The average molecular weight is 280 g/mol. The molecular weight excluding hydrogens is 255 g/mol. The second-order valence-electron chi connectivity index (χ2n) is 5.59. The molecule has 1 aliphatic heterocycles. The summed E-state index contributed by atoms with van der Waals surface area (Å²) in [5, 5.41) is 13.1. The predicted octanol–water partition coefficient (Wildman–Crippen LogP) is 2.32. The normalized spacial score (nSPS) is 21.2. The number of aliphatic hydroxyl groups excluding tert-OH is 1. The fourth-order valence-electron chi connectivity index (χ4n) is 2.73. The largest absolute Gasteiger partial charge is 0.392 e. The lowest BCUT2D eigenvalue weighted by molar-refractivity contribution is 0.174. The van der Waals surface area contributed by atoms with Gasteiger partial charge in [0.1, 0.15) is 5.82 Å².